The van der Waals surface area contributed by atoms with Gasteiger partial charge in [-0.15, -0.1) is 0 Å². The number of rotatable bonds is 8. The van der Waals surface area contributed by atoms with E-state index in [2.05, 4.69) is 5.32 Å². The van der Waals surface area contributed by atoms with Crippen LogP contribution in [0.4, 0.5) is 0 Å². The van der Waals surface area contributed by atoms with Crippen molar-refractivity contribution in [3.05, 3.63) is 22.7 Å². The molecule has 0 fully saturated rings. The number of methoxy groups -OCH3 is 2. The van der Waals surface area contributed by atoms with Crippen LogP contribution in [0.3, 0.4) is 0 Å². The van der Waals surface area contributed by atoms with Crippen LogP contribution < -0.4 is 19.9 Å². The van der Waals surface area contributed by atoms with Crippen LogP contribution in [0.5, 0.6) is 11.5 Å². The molecule has 0 heterocycles. The van der Waals surface area contributed by atoms with Gasteiger partial charge in [0.05, 0.1) is 25.0 Å². The van der Waals surface area contributed by atoms with Crippen molar-refractivity contribution in [2.24, 2.45) is 5.14 Å². The first-order valence-electron chi connectivity index (χ1n) is 5.99. The van der Waals surface area contributed by atoms with Gasteiger partial charge < -0.3 is 14.8 Å². The lowest BCUT2D eigenvalue weighted by molar-refractivity contribution is 0.354. The maximum Gasteiger partial charge on any atom is 0.209 e. The molecule has 0 aliphatic heterocycles. The van der Waals surface area contributed by atoms with Crippen LogP contribution >= 0.6 is 11.6 Å². The van der Waals surface area contributed by atoms with Gasteiger partial charge in [0.25, 0.3) is 0 Å². The zero-order valence-electron chi connectivity index (χ0n) is 11.5. The number of hydrogen-bond acceptors (Lipinski definition) is 5. The van der Waals surface area contributed by atoms with Gasteiger partial charge in [-0.3, -0.25) is 0 Å². The van der Waals surface area contributed by atoms with Crippen molar-refractivity contribution in [2.45, 2.75) is 13.0 Å². The highest BCUT2D eigenvalue weighted by Gasteiger charge is 2.12. The second kappa shape index (κ2) is 7.68. The van der Waals surface area contributed by atoms with E-state index in [0.29, 0.717) is 36.0 Å². The smallest absolute Gasteiger partial charge is 0.209 e. The van der Waals surface area contributed by atoms with E-state index < -0.39 is 10.0 Å². The summed E-state index contributed by atoms with van der Waals surface area (Å²) in [5.74, 6) is 1.01. The summed E-state index contributed by atoms with van der Waals surface area (Å²) in [5.41, 5.74) is 0.847. The Bertz CT molecular complexity index is 549. The standard InChI is InChI=1S/C12H19ClN2O4S/c1-18-10-5-4-9(11(13)12(10)19-2)8-15-6-3-7-20(14,16)17/h4-5,15H,3,6-8H2,1-2H3,(H2,14,16,17). The molecule has 0 radical (unpaired) electrons. The summed E-state index contributed by atoms with van der Waals surface area (Å²) in [6.45, 7) is 1.03. The minimum absolute atomic E-state index is 0.0420. The van der Waals surface area contributed by atoms with E-state index in [1.165, 1.54) is 7.11 Å². The molecule has 0 bridgehead atoms. The predicted molar refractivity (Wildman–Crippen MR) is 78.9 cm³/mol. The Labute approximate surface area is 124 Å². The lowest BCUT2D eigenvalue weighted by Crippen LogP contribution is -2.22. The normalized spacial score (nSPS) is 11.4. The number of hydrogen-bond donors (Lipinski definition) is 2. The van der Waals surface area contributed by atoms with Gasteiger partial charge in [-0.05, 0) is 24.6 Å². The fourth-order valence-corrected chi connectivity index (χ4v) is 2.53. The van der Waals surface area contributed by atoms with Crippen molar-refractivity contribution in [3.63, 3.8) is 0 Å². The zero-order valence-corrected chi connectivity index (χ0v) is 13.1. The molecule has 3 N–H and O–H groups in total. The number of nitrogens with two attached hydrogens (primary N) is 1. The molecule has 0 saturated carbocycles. The molecule has 0 spiro atoms. The average molecular weight is 323 g/mol. The first-order chi connectivity index (χ1) is 9.39. The second-order valence-corrected chi connectivity index (χ2v) is 6.28. The Hall–Kier alpha value is -1.02. The monoisotopic (exact) mass is 322 g/mol. The molecule has 20 heavy (non-hydrogen) atoms. The van der Waals surface area contributed by atoms with E-state index >= 15 is 0 Å². The summed E-state index contributed by atoms with van der Waals surface area (Å²) in [5, 5.41) is 8.50. The van der Waals surface area contributed by atoms with Crippen LogP contribution in [0.15, 0.2) is 12.1 Å². The quantitative estimate of drug-likeness (QED) is 0.700. The summed E-state index contributed by atoms with van der Waals surface area (Å²) in [7, 11) is -0.338. The highest BCUT2D eigenvalue weighted by atomic mass is 35.5. The van der Waals surface area contributed by atoms with Gasteiger partial charge in [-0.1, -0.05) is 17.7 Å². The van der Waals surface area contributed by atoms with Crippen LogP contribution in [0.25, 0.3) is 0 Å². The summed E-state index contributed by atoms with van der Waals surface area (Å²) < 4.78 is 31.9. The molecule has 1 aromatic carbocycles. The number of nitrogens with one attached hydrogen (secondary N) is 1. The van der Waals surface area contributed by atoms with Crippen LogP contribution in [-0.4, -0.2) is 34.9 Å². The van der Waals surface area contributed by atoms with Gasteiger partial charge in [-0.2, -0.15) is 0 Å². The maximum absolute atomic E-state index is 10.8. The van der Waals surface area contributed by atoms with E-state index in [1.54, 1.807) is 13.2 Å². The van der Waals surface area contributed by atoms with E-state index in [9.17, 15) is 8.42 Å². The van der Waals surface area contributed by atoms with Crippen LogP contribution in [0.2, 0.25) is 5.02 Å². The van der Waals surface area contributed by atoms with Crippen LogP contribution in [-0.2, 0) is 16.6 Å². The van der Waals surface area contributed by atoms with Gasteiger partial charge >= 0.3 is 0 Å². The fourth-order valence-electron chi connectivity index (χ4n) is 1.69. The third kappa shape index (κ3) is 5.16. The molecule has 0 unspecified atom stereocenters. The molecule has 0 amide bonds. The Kier molecular flexibility index (Phi) is 6.54. The topological polar surface area (TPSA) is 90.6 Å². The molecule has 0 atom stereocenters. The van der Waals surface area contributed by atoms with Crippen molar-refractivity contribution >= 4 is 21.6 Å². The number of ether oxygens (including phenoxy) is 2. The highest BCUT2D eigenvalue weighted by molar-refractivity contribution is 7.89. The maximum atomic E-state index is 10.8. The Morgan fingerprint density at radius 1 is 1.30 bits per heavy atom. The molecule has 1 rings (SSSR count). The Morgan fingerprint density at radius 3 is 2.55 bits per heavy atom. The molecule has 6 nitrogen and oxygen atoms in total. The molecule has 114 valence electrons. The van der Waals surface area contributed by atoms with Crippen LogP contribution in [0.1, 0.15) is 12.0 Å². The van der Waals surface area contributed by atoms with Gasteiger partial charge in [0, 0.05) is 6.54 Å². The van der Waals surface area contributed by atoms with Gasteiger partial charge in [0.15, 0.2) is 11.5 Å². The third-order valence-corrected chi connectivity index (χ3v) is 3.93. The summed E-state index contributed by atoms with van der Waals surface area (Å²) >= 11 is 6.22. The molecular formula is C12H19ClN2O4S. The summed E-state index contributed by atoms with van der Waals surface area (Å²) in [6, 6.07) is 3.60. The summed E-state index contributed by atoms with van der Waals surface area (Å²) in [4.78, 5) is 0. The van der Waals surface area contributed by atoms with E-state index in [4.69, 9.17) is 26.2 Å². The SMILES string of the molecule is COc1ccc(CNCCCS(N)(=O)=O)c(Cl)c1OC. The number of sulfonamides is 1. The van der Waals surface area contributed by atoms with E-state index in [0.717, 1.165) is 5.56 Å². The molecular weight excluding hydrogens is 304 g/mol. The van der Waals surface area contributed by atoms with Gasteiger partial charge in [0.1, 0.15) is 0 Å². The minimum Gasteiger partial charge on any atom is -0.493 e. The summed E-state index contributed by atoms with van der Waals surface area (Å²) in [6.07, 6.45) is 0.448. The number of benzene rings is 1. The lowest BCUT2D eigenvalue weighted by atomic mass is 10.2. The first-order valence-corrected chi connectivity index (χ1v) is 8.09. The van der Waals surface area contributed by atoms with E-state index in [-0.39, 0.29) is 5.75 Å². The number of halogens is 1. The van der Waals surface area contributed by atoms with Gasteiger partial charge in [-0.25, -0.2) is 13.6 Å². The molecule has 1 aromatic rings. The van der Waals surface area contributed by atoms with Crippen molar-refractivity contribution in [2.75, 3.05) is 26.5 Å². The average Bonchev–Trinajstić information content (AvgIpc) is 2.38. The van der Waals surface area contributed by atoms with Crippen LogP contribution in [0, 0.1) is 0 Å². The molecule has 0 aliphatic rings. The van der Waals surface area contributed by atoms with Gasteiger partial charge in [0.2, 0.25) is 10.0 Å². The fraction of sp³-hybridized carbons (Fsp3) is 0.500. The Morgan fingerprint density at radius 2 is 2.00 bits per heavy atom. The van der Waals surface area contributed by atoms with E-state index in [1.807, 2.05) is 6.07 Å². The van der Waals surface area contributed by atoms with Crippen molar-refractivity contribution in [1.29, 1.82) is 0 Å². The lowest BCUT2D eigenvalue weighted by Gasteiger charge is -2.13. The number of primary sulfonamides is 1. The highest BCUT2D eigenvalue weighted by Crippen LogP contribution is 2.37. The van der Waals surface area contributed by atoms with Crippen molar-refractivity contribution in [1.82, 2.24) is 5.32 Å². The van der Waals surface area contributed by atoms with Crippen molar-refractivity contribution < 1.29 is 17.9 Å². The van der Waals surface area contributed by atoms with Crippen molar-refractivity contribution in [3.8, 4) is 11.5 Å². The predicted octanol–water partition coefficient (Wildman–Crippen LogP) is 1.13. The first kappa shape index (κ1) is 17.0. The minimum atomic E-state index is -3.40. The second-order valence-electron chi connectivity index (χ2n) is 4.17. The third-order valence-electron chi connectivity index (χ3n) is 2.66. The molecule has 0 saturated heterocycles. The molecule has 8 heteroatoms. The molecule has 0 aromatic heterocycles. The largest absolute Gasteiger partial charge is 0.493 e. The Balaban J connectivity index is 2.57. The molecule has 0 aliphatic carbocycles. The zero-order chi connectivity index (χ0) is 15.2.